The third-order valence-electron chi connectivity index (χ3n) is 4.04. The number of carbonyl (C=O) groups excluding carboxylic acids is 1. The van der Waals surface area contributed by atoms with Gasteiger partial charge in [0.1, 0.15) is 5.69 Å². The number of rotatable bonds is 4. The fourth-order valence-corrected chi connectivity index (χ4v) is 3.01. The number of nitro groups is 1. The van der Waals surface area contributed by atoms with Gasteiger partial charge in [0.2, 0.25) is 5.91 Å². The highest BCUT2D eigenvalue weighted by Crippen LogP contribution is 2.37. The Morgan fingerprint density at radius 2 is 2.19 bits per heavy atom. The zero-order valence-corrected chi connectivity index (χ0v) is 12.4. The van der Waals surface area contributed by atoms with Crippen molar-refractivity contribution in [3.05, 3.63) is 33.9 Å². The summed E-state index contributed by atoms with van der Waals surface area (Å²) in [4.78, 5) is 21.9. The molecule has 1 amide bonds. The van der Waals surface area contributed by atoms with Crippen molar-refractivity contribution in [3.8, 4) is 0 Å². The molecule has 1 atom stereocenters. The molecule has 0 bridgehead atoms. The first-order valence-electron chi connectivity index (χ1n) is 7.13. The summed E-state index contributed by atoms with van der Waals surface area (Å²) >= 11 is 0. The van der Waals surface area contributed by atoms with Gasteiger partial charge < -0.3 is 11.1 Å². The summed E-state index contributed by atoms with van der Waals surface area (Å²) in [5.74, 6) is -0.586. The molecule has 1 fully saturated rings. The number of nitrogens with two attached hydrogens (primary N) is 1. The minimum absolute atomic E-state index is 0.0246. The van der Waals surface area contributed by atoms with Gasteiger partial charge in [0.05, 0.1) is 4.92 Å². The molecule has 0 aliphatic heterocycles. The van der Waals surface area contributed by atoms with Gasteiger partial charge in [-0.15, -0.1) is 0 Å². The topological polar surface area (TPSA) is 98.3 Å². The smallest absolute Gasteiger partial charge is 0.292 e. The fraction of sp³-hybridized carbons (Fsp3) is 0.533. The van der Waals surface area contributed by atoms with Crippen molar-refractivity contribution in [2.45, 2.75) is 45.6 Å². The Bertz CT molecular complexity index is 569. The van der Waals surface area contributed by atoms with Crippen LogP contribution in [0.3, 0.4) is 0 Å². The van der Waals surface area contributed by atoms with Crippen molar-refractivity contribution in [1.82, 2.24) is 0 Å². The van der Waals surface area contributed by atoms with Gasteiger partial charge in [0, 0.05) is 17.7 Å². The summed E-state index contributed by atoms with van der Waals surface area (Å²) in [6, 6.07) is 4.37. The summed E-state index contributed by atoms with van der Waals surface area (Å²) in [6.07, 6.45) is 4.18. The lowest BCUT2D eigenvalue weighted by Crippen LogP contribution is -2.32. The molecule has 1 aromatic carbocycles. The first-order chi connectivity index (χ1) is 9.78. The summed E-state index contributed by atoms with van der Waals surface area (Å²) in [7, 11) is 0. The maximum absolute atomic E-state index is 11.3. The van der Waals surface area contributed by atoms with Gasteiger partial charge in [-0.1, -0.05) is 20.3 Å². The summed E-state index contributed by atoms with van der Waals surface area (Å²) in [5, 5.41) is 14.4. The zero-order valence-electron chi connectivity index (χ0n) is 12.4. The van der Waals surface area contributed by atoms with Crippen LogP contribution in [0.2, 0.25) is 0 Å². The second kappa shape index (κ2) is 5.71. The van der Waals surface area contributed by atoms with Crippen LogP contribution in [-0.4, -0.2) is 16.9 Å². The summed E-state index contributed by atoms with van der Waals surface area (Å²) in [5.41, 5.74) is 6.10. The number of hydrogen-bond acceptors (Lipinski definition) is 4. The monoisotopic (exact) mass is 291 g/mol. The van der Waals surface area contributed by atoms with E-state index in [1.54, 1.807) is 0 Å². The van der Waals surface area contributed by atoms with E-state index >= 15 is 0 Å². The number of anilines is 1. The number of amides is 1. The third kappa shape index (κ3) is 3.71. The first kappa shape index (κ1) is 15.3. The Morgan fingerprint density at radius 3 is 2.76 bits per heavy atom. The number of hydrogen-bond donors (Lipinski definition) is 2. The molecule has 1 saturated carbocycles. The molecule has 0 aromatic heterocycles. The van der Waals surface area contributed by atoms with Crippen LogP contribution in [0.15, 0.2) is 18.2 Å². The van der Waals surface area contributed by atoms with Crippen LogP contribution in [0.4, 0.5) is 11.4 Å². The number of nitro benzene ring substituents is 1. The standard InChI is InChI=1S/C15H21N3O3/c1-15(2)7-3-4-11(9-15)17-12-8-10(14(16)19)5-6-13(12)18(20)21/h5-6,8,11,17H,3-4,7,9H2,1-2H3,(H2,16,19). The Kier molecular flexibility index (Phi) is 4.16. The molecule has 0 spiro atoms. The molecule has 3 N–H and O–H groups in total. The van der Waals surface area contributed by atoms with E-state index in [-0.39, 0.29) is 22.7 Å². The summed E-state index contributed by atoms with van der Waals surface area (Å²) in [6.45, 7) is 4.41. The van der Waals surface area contributed by atoms with Crippen LogP contribution < -0.4 is 11.1 Å². The molecule has 0 saturated heterocycles. The van der Waals surface area contributed by atoms with E-state index in [1.807, 2.05) is 0 Å². The molecule has 114 valence electrons. The van der Waals surface area contributed by atoms with E-state index in [2.05, 4.69) is 19.2 Å². The molecule has 1 aliphatic carbocycles. The van der Waals surface area contributed by atoms with Crippen molar-refractivity contribution in [2.75, 3.05) is 5.32 Å². The molecule has 21 heavy (non-hydrogen) atoms. The van der Waals surface area contributed by atoms with E-state index in [0.717, 1.165) is 25.7 Å². The zero-order chi connectivity index (χ0) is 15.6. The Balaban J connectivity index is 2.26. The van der Waals surface area contributed by atoms with E-state index < -0.39 is 10.8 Å². The maximum atomic E-state index is 11.3. The number of carbonyl (C=O) groups is 1. The number of primary amides is 1. The Hall–Kier alpha value is -2.11. The molecule has 6 heteroatoms. The number of nitrogens with one attached hydrogen (secondary N) is 1. The normalized spacial score (nSPS) is 20.8. The second-order valence-corrected chi connectivity index (χ2v) is 6.46. The highest BCUT2D eigenvalue weighted by atomic mass is 16.6. The van der Waals surface area contributed by atoms with E-state index in [1.165, 1.54) is 18.2 Å². The van der Waals surface area contributed by atoms with Gasteiger partial charge in [-0.2, -0.15) is 0 Å². The molecule has 1 unspecified atom stereocenters. The van der Waals surface area contributed by atoms with Gasteiger partial charge in [-0.25, -0.2) is 0 Å². The van der Waals surface area contributed by atoms with Crippen molar-refractivity contribution in [2.24, 2.45) is 11.1 Å². The van der Waals surface area contributed by atoms with Gasteiger partial charge in [-0.3, -0.25) is 14.9 Å². The first-order valence-corrected chi connectivity index (χ1v) is 7.13. The minimum Gasteiger partial charge on any atom is -0.377 e. The molecule has 0 radical (unpaired) electrons. The van der Waals surface area contributed by atoms with E-state index in [0.29, 0.717) is 5.69 Å². The third-order valence-corrected chi connectivity index (χ3v) is 4.04. The Morgan fingerprint density at radius 1 is 1.48 bits per heavy atom. The average molecular weight is 291 g/mol. The van der Waals surface area contributed by atoms with Crippen LogP contribution in [-0.2, 0) is 0 Å². The SMILES string of the molecule is CC1(C)CCCC(Nc2cc(C(N)=O)ccc2[N+](=O)[O-])C1. The van der Waals surface area contributed by atoms with Crippen molar-refractivity contribution in [3.63, 3.8) is 0 Å². The van der Waals surface area contributed by atoms with Gasteiger partial charge in [-0.05, 0) is 36.8 Å². The van der Waals surface area contributed by atoms with E-state index in [4.69, 9.17) is 5.73 Å². The van der Waals surface area contributed by atoms with Gasteiger partial charge in [0.25, 0.3) is 5.69 Å². The molecule has 1 aromatic rings. The lowest BCUT2D eigenvalue weighted by molar-refractivity contribution is -0.384. The van der Waals surface area contributed by atoms with Crippen molar-refractivity contribution >= 4 is 17.3 Å². The largest absolute Gasteiger partial charge is 0.377 e. The second-order valence-electron chi connectivity index (χ2n) is 6.46. The van der Waals surface area contributed by atoms with Crippen LogP contribution in [0, 0.1) is 15.5 Å². The minimum atomic E-state index is -0.586. The Labute approximate surface area is 123 Å². The van der Waals surface area contributed by atoms with Crippen LogP contribution in [0.5, 0.6) is 0 Å². The number of nitrogens with zero attached hydrogens (tertiary/aromatic N) is 1. The molecular formula is C15H21N3O3. The van der Waals surface area contributed by atoms with Crippen LogP contribution >= 0.6 is 0 Å². The molecule has 1 aliphatic rings. The fourth-order valence-electron chi connectivity index (χ4n) is 3.01. The van der Waals surface area contributed by atoms with Crippen LogP contribution in [0.1, 0.15) is 49.9 Å². The molecule has 2 rings (SSSR count). The number of benzene rings is 1. The van der Waals surface area contributed by atoms with Gasteiger partial charge >= 0.3 is 0 Å². The predicted molar refractivity (Wildman–Crippen MR) is 81.3 cm³/mol. The van der Waals surface area contributed by atoms with Crippen LogP contribution in [0.25, 0.3) is 0 Å². The molecular weight excluding hydrogens is 270 g/mol. The lowest BCUT2D eigenvalue weighted by Gasteiger charge is -2.36. The van der Waals surface area contributed by atoms with E-state index in [9.17, 15) is 14.9 Å². The van der Waals surface area contributed by atoms with Gasteiger partial charge in [0.15, 0.2) is 0 Å². The predicted octanol–water partition coefficient (Wildman–Crippen LogP) is 3.07. The summed E-state index contributed by atoms with van der Waals surface area (Å²) < 4.78 is 0. The maximum Gasteiger partial charge on any atom is 0.292 e. The highest BCUT2D eigenvalue weighted by Gasteiger charge is 2.29. The quantitative estimate of drug-likeness (QED) is 0.657. The molecule has 0 heterocycles. The lowest BCUT2D eigenvalue weighted by atomic mass is 9.75. The average Bonchev–Trinajstić information content (AvgIpc) is 2.37. The molecule has 6 nitrogen and oxygen atoms in total. The van der Waals surface area contributed by atoms with Crippen molar-refractivity contribution in [1.29, 1.82) is 0 Å². The highest BCUT2D eigenvalue weighted by molar-refractivity contribution is 5.94. The van der Waals surface area contributed by atoms with Crippen molar-refractivity contribution < 1.29 is 9.72 Å².